The van der Waals surface area contributed by atoms with Crippen molar-refractivity contribution in [3.63, 3.8) is 0 Å². The van der Waals surface area contributed by atoms with Gasteiger partial charge in [-0.1, -0.05) is 20.8 Å². The fraction of sp³-hybridized carbons (Fsp3) is 0.867. The first-order valence-electron chi connectivity index (χ1n) is 7.70. The Morgan fingerprint density at radius 3 is 2.14 bits per heavy atom. The zero-order valence-electron chi connectivity index (χ0n) is 13.2. The van der Waals surface area contributed by atoms with Crippen LogP contribution in [-0.2, 0) is 9.59 Å². The van der Waals surface area contributed by atoms with Crippen molar-refractivity contribution >= 4 is 11.9 Å². The Morgan fingerprint density at radius 1 is 1.14 bits per heavy atom. The van der Waals surface area contributed by atoms with Gasteiger partial charge in [0.15, 0.2) is 0 Å². The van der Waals surface area contributed by atoms with Gasteiger partial charge >= 0.3 is 5.97 Å². The molecule has 0 aromatic rings. The largest absolute Gasteiger partial charge is 0.480 e. The zero-order valence-corrected chi connectivity index (χ0v) is 13.2. The molecule has 1 amide bonds. The maximum atomic E-state index is 13.9. The summed E-state index contributed by atoms with van der Waals surface area (Å²) in [4.78, 5) is 25.2. The van der Waals surface area contributed by atoms with E-state index in [1.54, 1.807) is 4.90 Å². The Kier molecular flexibility index (Phi) is 4.48. The number of hydrogen-bond donors (Lipinski definition) is 2. The molecule has 2 fully saturated rings. The van der Waals surface area contributed by atoms with Crippen LogP contribution in [0.5, 0.6) is 0 Å². The standard InChI is InChI=1S/C15H24F2N2O3/c1-14(2,3)15(16,17)8-18-12(20)10-6-7-11(13(21)22)19(10)9-4-5-9/h9-11H,4-8H2,1-3H3,(H,18,20)(H,21,22). The van der Waals surface area contributed by atoms with E-state index < -0.39 is 41.8 Å². The van der Waals surface area contributed by atoms with Crippen LogP contribution in [0.2, 0.25) is 0 Å². The van der Waals surface area contributed by atoms with E-state index in [1.165, 1.54) is 20.8 Å². The van der Waals surface area contributed by atoms with Crippen molar-refractivity contribution in [3.05, 3.63) is 0 Å². The number of halogens is 2. The first kappa shape index (κ1) is 17.1. The number of rotatable bonds is 5. The Bertz CT molecular complexity index is 458. The Labute approximate surface area is 129 Å². The van der Waals surface area contributed by atoms with E-state index in [0.29, 0.717) is 12.8 Å². The molecule has 126 valence electrons. The van der Waals surface area contributed by atoms with Crippen LogP contribution in [0.4, 0.5) is 8.78 Å². The molecule has 2 rings (SSSR count). The maximum absolute atomic E-state index is 13.9. The third-order valence-electron chi connectivity index (χ3n) is 4.57. The second kappa shape index (κ2) is 5.76. The molecule has 2 unspecified atom stereocenters. The summed E-state index contributed by atoms with van der Waals surface area (Å²) in [5, 5.41) is 11.6. The second-order valence-corrected chi connectivity index (χ2v) is 7.30. The third-order valence-corrected chi connectivity index (χ3v) is 4.57. The zero-order chi connectivity index (χ0) is 16.7. The average Bonchev–Trinajstić information content (AvgIpc) is 3.12. The SMILES string of the molecule is CC(C)(C)C(F)(F)CNC(=O)C1CCC(C(=O)O)N1C1CC1. The number of hydrogen-bond acceptors (Lipinski definition) is 3. The van der Waals surface area contributed by atoms with Crippen LogP contribution in [0.3, 0.4) is 0 Å². The van der Waals surface area contributed by atoms with Gasteiger partial charge in [-0.3, -0.25) is 14.5 Å². The van der Waals surface area contributed by atoms with Gasteiger partial charge in [0.2, 0.25) is 5.91 Å². The van der Waals surface area contributed by atoms with Crippen LogP contribution in [0.1, 0.15) is 46.5 Å². The number of likely N-dealkylation sites (tertiary alicyclic amines) is 1. The smallest absolute Gasteiger partial charge is 0.320 e. The third kappa shape index (κ3) is 3.39. The van der Waals surface area contributed by atoms with Crippen LogP contribution < -0.4 is 5.32 Å². The summed E-state index contributed by atoms with van der Waals surface area (Å²) in [7, 11) is 0. The van der Waals surface area contributed by atoms with Gasteiger partial charge in [0, 0.05) is 11.5 Å². The highest BCUT2D eigenvalue weighted by atomic mass is 19.3. The highest BCUT2D eigenvalue weighted by Gasteiger charge is 2.49. The number of carbonyl (C=O) groups excluding carboxylic acids is 1. The molecule has 0 spiro atoms. The molecule has 22 heavy (non-hydrogen) atoms. The monoisotopic (exact) mass is 318 g/mol. The number of aliphatic carboxylic acids is 1. The quantitative estimate of drug-likeness (QED) is 0.812. The Hall–Kier alpha value is -1.24. The maximum Gasteiger partial charge on any atom is 0.320 e. The number of nitrogens with zero attached hydrogens (tertiary/aromatic N) is 1. The van der Waals surface area contributed by atoms with E-state index in [-0.39, 0.29) is 6.04 Å². The van der Waals surface area contributed by atoms with Crippen molar-refractivity contribution in [2.45, 2.75) is 70.5 Å². The van der Waals surface area contributed by atoms with E-state index in [9.17, 15) is 23.5 Å². The minimum atomic E-state index is -3.02. The Morgan fingerprint density at radius 2 is 1.68 bits per heavy atom. The van der Waals surface area contributed by atoms with Gasteiger partial charge < -0.3 is 10.4 Å². The molecule has 1 saturated carbocycles. The van der Waals surface area contributed by atoms with Gasteiger partial charge in [-0.05, 0) is 25.7 Å². The molecule has 0 aromatic carbocycles. The van der Waals surface area contributed by atoms with Gasteiger partial charge in [0.25, 0.3) is 5.92 Å². The summed E-state index contributed by atoms with van der Waals surface area (Å²) >= 11 is 0. The van der Waals surface area contributed by atoms with Crippen LogP contribution in [0, 0.1) is 5.41 Å². The first-order chi connectivity index (χ1) is 10.0. The molecule has 2 aliphatic rings. The molecule has 1 aliphatic heterocycles. The molecule has 0 radical (unpaired) electrons. The molecule has 2 N–H and O–H groups in total. The summed E-state index contributed by atoms with van der Waals surface area (Å²) < 4.78 is 27.9. The Balaban J connectivity index is 1.99. The van der Waals surface area contributed by atoms with Crippen molar-refractivity contribution in [1.29, 1.82) is 0 Å². The number of amides is 1. The molecular formula is C15H24F2N2O3. The van der Waals surface area contributed by atoms with Crippen molar-refractivity contribution in [3.8, 4) is 0 Å². The van der Waals surface area contributed by atoms with E-state index >= 15 is 0 Å². The average molecular weight is 318 g/mol. The summed E-state index contributed by atoms with van der Waals surface area (Å²) in [6.07, 6.45) is 2.53. The number of carboxylic acids is 1. The van der Waals surface area contributed by atoms with E-state index in [2.05, 4.69) is 5.32 Å². The minimum Gasteiger partial charge on any atom is -0.480 e. The fourth-order valence-electron chi connectivity index (χ4n) is 2.81. The fourth-order valence-corrected chi connectivity index (χ4v) is 2.81. The van der Waals surface area contributed by atoms with E-state index in [4.69, 9.17) is 0 Å². The van der Waals surface area contributed by atoms with Crippen molar-refractivity contribution in [2.24, 2.45) is 5.41 Å². The number of alkyl halides is 2. The van der Waals surface area contributed by atoms with Gasteiger partial charge in [0.1, 0.15) is 6.04 Å². The van der Waals surface area contributed by atoms with Gasteiger partial charge in [0.05, 0.1) is 12.6 Å². The molecule has 0 bridgehead atoms. The predicted octanol–water partition coefficient (Wildman–Crippen LogP) is 1.86. The second-order valence-electron chi connectivity index (χ2n) is 7.30. The molecular weight excluding hydrogens is 294 g/mol. The first-order valence-corrected chi connectivity index (χ1v) is 7.70. The molecule has 2 atom stereocenters. The van der Waals surface area contributed by atoms with E-state index in [0.717, 1.165) is 12.8 Å². The van der Waals surface area contributed by atoms with E-state index in [1.807, 2.05) is 0 Å². The van der Waals surface area contributed by atoms with Crippen LogP contribution >= 0.6 is 0 Å². The normalized spacial score (nSPS) is 27.0. The molecule has 1 saturated heterocycles. The minimum absolute atomic E-state index is 0.0995. The number of carboxylic acid groups (broad SMARTS) is 1. The summed E-state index contributed by atoms with van der Waals surface area (Å²) in [6, 6.07) is -1.18. The lowest BCUT2D eigenvalue weighted by Gasteiger charge is -2.32. The molecule has 1 aliphatic carbocycles. The molecule has 7 heteroatoms. The van der Waals surface area contributed by atoms with Crippen LogP contribution in [-0.4, -0.2) is 52.5 Å². The summed E-state index contributed by atoms with van der Waals surface area (Å²) in [5.74, 6) is -4.44. The highest BCUT2D eigenvalue weighted by Crippen LogP contribution is 2.38. The van der Waals surface area contributed by atoms with Gasteiger partial charge in [-0.25, -0.2) is 8.78 Å². The molecule has 0 aromatic heterocycles. The topological polar surface area (TPSA) is 69.6 Å². The number of carbonyl (C=O) groups is 2. The van der Waals surface area contributed by atoms with Gasteiger partial charge in [-0.2, -0.15) is 0 Å². The summed E-state index contributed by atoms with van der Waals surface area (Å²) in [6.45, 7) is 3.55. The number of nitrogens with one attached hydrogen (secondary N) is 1. The van der Waals surface area contributed by atoms with Crippen LogP contribution in [0.15, 0.2) is 0 Å². The molecule has 1 heterocycles. The van der Waals surface area contributed by atoms with Crippen molar-refractivity contribution in [1.82, 2.24) is 10.2 Å². The highest BCUT2D eigenvalue weighted by molar-refractivity contribution is 5.84. The summed E-state index contributed by atoms with van der Waals surface area (Å²) in [5.41, 5.74) is -1.24. The molecule has 5 nitrogen and oxygen atoms in total. The van der Waals surface area contributed by atoms with Crippen molar-refractivity contribution < 1.29 is 23.5 Å². The van der Waals surface area contributed by atoms with Crippen molar-refractivity contribution in [2.75, 3.05) is 6.54 Å². The lowest BCUT2D eigenvalue weighted by atomic mass is 9.88. The van der Waals surface area contributed by atoms with Gasteiger partial charge in [-0.15, -0.1) is 0 Å². The lowest BCUT2D eigenvalue weighted by molar-refractivity contribution is -0.144. The lowest BCUT2D eigenvalue weighted by Crippen LogP contribution is -2.52. The predicted molar refractivity (Wildman–Crippen MR) is 76.7 cm³/mol. The van der Waals surface area contributed by atoms with Crippen LogP contribution in [0.25, 0.3) is 0 Å².